The molecule has 138 valence electrons. The lowest BCUT2D eigenvalue weighted by Crippen LogP contribution is -2.46. The lowest BCUT2D eigenvalue weighted by atomic mass is 10.2. The summed E-state index contributed by atoms with van der Waals surface area (Å²) in [6.07, 6.45) is 3.79. The first-order valence-electron chi connectivity index (χ1n) is 8.60. The van der Waals surface area contributed by atoms with Crippen molar-refractivity contribution in [2.75, 3.05) is 37.7 Å². The average Bonchev–Trinajstić information content (AvgIpc) is 2.68. The van der Waals surface area contributed by atoms with Crippen LogP contribution in [0, 0.1) is 0 Å². The van der Waals surface area contributed by atoms with Crippen molar-refractivity contribution in [3.05, 3.63) is 28.2 Å². The molecule has 1 amide bonds. The van der Waals surface area contributed by atoms with Crippen molar-refractivity contribution >= 4 is 29.4 Å². The number of esters is 1. The lowest BCUT2D eigenvalue weighted by molar-refractivity contribution is -0.118. The number of fused-ring (bicyclic) bond motifs is 1. The summed E-state index contributed by atoms with van der Waals surface area (Å²) < 4.78 is 6.71. The summed E-state index contributed by atoms with van der Waals surface area (Å²) in [5, 5.41) is 0.285. The van der Waals surface area contributed by atoms with Gasteiger partial charge >= 0.3 is 5.97 Å². The Labute approximate surface area is 150 Å². The predicted molar refractivity (Wildman–Crippen MR) is 95.3 cm³/mol. The van der Waals surface area contributed by atoms with E-state index in [1.54, 1.807) is 16.4 Å². The van der Waals surface area contributed by atoms with E-state index in [0.29, 0.717) is 44.3 Å². The Kier molecular flexibility index (Phi) is 5.15. The third kappa shape index (κ3) is 3.24. The van der Waals surface area contributed by atoms with E-state index in [9.17, 15) is 14.4 Å². The van der Waals surface area contributed by atoms with Crippen molar-refractivity contribution in [2.24, 2.45) is 0 Å². The van der Waals surface area contributed by atoms with Crippen molar-refractivity contribution in [1.82, 2.24) is 19.4 Å². The van der Waals surface area contributed by atoms with E-state index in [2.05, 4.69) is 9.97 Å². The molecule has 3 rings (SSSR count). The lowest BCUT2D eigenvalue weighted by Gasteiger charge is -2.32. The zero-order valence-electron chi connectivity index (χ0n) is 14.8. The second-order valence-electron chi connectivity index (χ2n) is 5.91. The van der Waals surface area contributed by atoms with Crippen LogP contribution < -0.4 is 10.3 Å². The minimum Gasteiger partial charge on any atom is -0.462 e. The molecule has 2 aromatic heterocycles. The van der Waals surface area contributed by atoms with Crippen LogP contribution >= 0.6 is 0 Å². The molecule has 0 unspecified atom stereocenters. The normalized spacial score (nSPS) is 14.5. The van der Waals surface area contributed by atoms with Gasteiger partial charge in [-0.05, 0) is 13.8 Å². The van der Waals surface area contributed by atoms with Gasteiger partial charge in [0.05, 0.1) is 12.0 Å². The van der Waals surface area contributed by atoms with E-state index in [1.165, 1.54) is 12.4 Å². The fourth-order valence-electron chi connectivity index (χ4n) is 2.94. The van der Waals surface area contributed by atoms with Crippen LogP contribution in [0.25, 0.3) is 11.0 Å². The second-order valence-corrected chi connectivity index (χ2v) is 5.91. The van der Waals surface area contributed by atoms with Crippen molar-refractivity contribution in [1.29, 1.82) is 0 Å². The molecular formula is C17H21N5O4. The van der Waals surface area contributed by atoms with Crippen LogP contribution in [0.1, 0.15) is 24.2 Å². The number of pyridine rings is 1. The van der Waals surface area contributed by atoms with E-state index in [0.717, 1.165) is 6.41 Å². The maximum atomic E-state index is 12.6. The van der Waals surface area contributed by atoms with E-state index in [1.807, 2.05) is 11.8 Å². The summed E-state index contributed by atoms with van der Waals surface area (Å²) in [5.41, 5.74) is 0.0333. The van der Waals surface area contributed by atoms with E-state index < -0.39 is 11.4 Å². The van der Waals surface area contributed by atoms with Crippen LogP contribution in [-0.4, -0.2) is 64.6 Å². The van der Waals surface area contributed by atoms with Gasteiger partial charge in [0.25, 0.3) is 0 Å². The molecule has 1 fully saturated rings. The molecule has 0 aliphatic carbocycles. The molecule has 0 radical (unpaired) electrons. The number of aryl methyl sites for hydroxylation is 1. The number of carbonyl (C=O) groups is 2. The first-order chi connectivity index (χ1) is 12.6. The van der Waals surface area contributed by atoms with Gasteiger partial charge in [0.15, 0.2) is 0 Å². The summed E-state index contributed by atoms with van der Waals surface area (Å²) in [7, 11) is 0. The summed E-state index contributed by atoms with van der Waals surface area (Å²) in [5.74, 6) is -0.135. The molecule has 0 saturated carbocycles. The van der Waals surface area contributed by atoms with E-state index in [4.69, 9.17) is 4.74 Å². The molecule has 9 heteroatoms. The smallest absolute Gasteiger partial charge is 0.343 e. The molecule has 1 aliphatic rings. The van der Waals surface area contributed by atoms with Crippen molar-refractivity contribution in [3.8, 4) is 0 Å². The number of ether oxygens (including phenoxy) is 1. The van der Waals surface area contributed by atoms with Gasteiger partial charge in [-0.25, -0.2) is 9.78 Å². The Hall–Kier alpha value is -2.97. The van der Waals surface area contributed by atoms with Gasteiger partial charge in [0.2, 0.25) is 17.8 Å². The number of nitrogens with zero attached hydrogens (tertiary/aromatic N) is 5. The third-order valence-electron chi connectivity index (χ3n) is 4.38. The first kappa shape index (κ1) is 17.8. The standard InChI is InChI=1S/C17H21N5O4/c1-3-21-10-13(16(25)26-4-2)14(24)12-9-18-17(19-15(12)21)22-7-5-20(11-23)6-8-22/h9-11H,3-8H2,1-2H3. The monoisotopic (exact) mass is 359 g/mol. The average molecular weight is 359 g/mol. The highest BCUT2D eigenvalue weighted by molar-refractivity contribution is 5.93. The molecule has 0 N–H and O–H groups in total. The molecule has 2 aromatic rings. The van der Waals surface area contributed by atoms with Crippen LogP contribution in [0.4, 0.5) is 5.95 Å². The van der Waals surface area contributed by atoms with Crippen LogP contribution in [0.15, 0.2) is 17.2 Å². The molecule has 3 heterocycles. The summed E-state index contributed by atoms with van der Waals surface area (Å²) in [4.78, 5) is 48.0. The zero-order valence-corrected chi connectivity index (χ0v) is 14.8. The van der Waals surface area contributed by atoms with Crippen LogP contribution in [0.2, 0.25) is 0 Å². The molecule has 9 nitrogen and oxygen atoms in total. The van der Waals surface area contributed by atoms with Gasteiger partial charge in [0, 0.05) is 45.1 Å². The second kappa shape index (κ2) is 7.51. The van der Waals surface area contributed by atoms with Gasteiger partial charge in [-0.3, -0.25) is 9.59 Å². The molecule has 1 aliphatic heterocycles. The largest absolute Gasteiger partial charge is 0.462 e. The van der Waals surface area contributed by atoms with Gasteiger partial charge in [-0.1, -0.05) is 0 Å². The molecule has 0 bridgehead atoms. The number of rotatable bonds is 5. The number of aromatic nitrogens is 3. The molecule has 1 saturated heterocycles. The Morgan fingerprint density at radius 1 is 1.27 bits per heavy atom. The number of piperazine rings is 1. The minimum absolute atomic E-state index is 0.0165. The topological polar surface area (TPSA) is 97.6 Å². The quantitative estimate of drug-likeness (QED) is 0.558. The van der Waals surface area contributed by atoms with Crippen LogP contribution in [0.5, 0.6) is 0 Å². The van der Waals surface area contributed by atoms with Crippen LogP contribution in [0.3, 0.4) is 0 Å². The number of hydrogen-bond donors (Lipinski definition) is 0. The maximum Gasteiger partial charge on any atom is 0.343 e. The van der Waals surface area contributed by atoms with E-state index in [-0.39, 0.29) is 17.6 Å². The predicted octanol–water partition coefficient (Wildman–Crippen LogP) is 0.266. The fraction of sp³-hybridized carbons (Fsp3) is 0.471. The number of amides is 1. The van der Waals surface area contributed by atoms with Crippen LogP contribution in [-0.2, 0) is 16.1 Å². The van der Waals surface area contributed by atoms with E-state index >= 15 is 0 Å². The number of hydrogen-bond acceptors (Lipinski definition) is 7. The van der Waals surface area contributed by atoms with Gasteiger partial charge in [-0.2, -0.15) is 4.98 Å². The maximum absolute atomic E-state index is 12.6. The SMILES string of the molecule is CCOC(=O)c1cn(CC)c2nc(N3CCN(C=O)CC3)ncc2c1=O. The highest BCUT2D eigenvalue weighted by Crippen LogP contribution is 2.16. The number of carbonyl (C=O) groups excluding carboxylic acids is 2. The minimum atomic E-state index is -0.643. The first-order valence-corrected chi connectivity index (χ1v) is 8.60. The molecule has 0 atom stereocenters. The summed E-state index contributed by atoms with van der Waals surface area (Å²) in [6.45, 7) is 6.80. The summed E-state index contributed by atoms with van der Waals surface area (Å²) >= 11 is 0. The van der Waals surface area contributed by atoms with Gasteiger partial charge < -0.3 is 19.1 Å². The van der Waals surface area contributed by atoms with Gasteiger partial charge in [-0.15, -0.1) is 0 Å². The summed E-state index contributed by atoms with van der Waals surface area (Å²) in [6, 6.07) is 0. The molecule has 0 aromatic carbocycles. The third-order valence-corrected chi connectivity index (χ3v) is 4.38. The van der Waals surface area contributed by atoms with Gasteiger partial charge in [0.1, 0.15) is 11.2 Å². The molecule has 26 heavy (non-hydrogen) atoms. The Bertz CT molecular complexity index is 887. The Balaban J connectivity index is 2.02. The highest BCUT2D eigenvalue weighted by atomic mass is 16.5. The van der Waals surface area contributed by atoms with Crippen molar-refractivity contribution in [3.63, 3.8) is 0 Å². The zero-order chi connectivity index (χ0) is 18.7. The van der Waals surface area contributed by atoms with Crippen molar-refractivity contribution < 1.29 is 14.3 Å². The Morgan fingerprint density at radius 3 is 2.62 bits per heavy atom. The highest BCUT2D eigenvalue weighted by Gasteiger charge is 2.21. The number of anilines is 1. The Morgan fingerprint density at radius 2 is 2.00 bits per heavy atom. The molecule has 0 spiro atoms. The molecular weight excluding hydrogens is 338 g/mol. The van der Waals surface area contributed by atoms with Crippen molar-refractivity contribution in [2.45, 2.75) is 20.4 Å². The fourth-order valence-corrected chi connectivity index (χ4v) is 2.94.